The van der Waals surface area contributed by atoms with Crippen molar-refractivity contribution < 1.29 is 8.83 Å². The molecule has 302 valence electrons. The second-order valence-electron chi connectivity index (χ2n) is 17.5. The predicted octanol–water partition coefficient (Wildman–Crippen LogP) is 17.2. The van der Waals surface area contributed by atoms with Crippen LogP contribution >= 0.6 is 0 Å². The fraction of sp³-hybridized carbons (Fsp3) is 0.138. The SMILES string of the molecule is Cc1ccc(N(c2ccc(C)c(C)c2)c2ccc3c(ccc4c5ccc6c7ccc8cc(N(c9ccc(C)c(C)c9)c9ccc(C)c(C)c9)ccc8c7oc6c5oc34)c2)cc1C. The Kier molecular flexibility index (Phi) is 8.59. The van der Waals surface area contributed by atoms with Gasteiger partial charge in [-0.05, 0) is 220 Å². The van der Waals surface area contributed by atoms with E-state index in [2.05, 4.69) is 211 Å². The summed E-state index contributed by atoms with van der Waals surface area (Å²) in [6, 6.07) is 53.5. The topological polar surface area (TPSA) is 32.8 Å². The minimum atomic E-state index is 0.776. The van der Waals surface area contributed by atoms with Crippen molar-refractivity contribution in [3.05, 3.63) is 190 Å². The second kappa shape index (κ2) is 14.1. The van der Waals surface area contributed by atoms with E-state index in [1.807, 2.05) is 0 Å². The number of fused-ring (bicyclic) bond motifs is 11. The van der Waals surface area contributed by atoms with E-state index in [9.17, 15) is 0 Å². The molecule has 11 rings (SSSR count). The molecule has 0 amide bonds. The number of furan rings is 2. The summed E-state index contributed by atoms with van der Waals surface area (Å²) in [7, 11) is 0. The maximum absolute atomic E-state index is 6.92. The van der Waals surface area contributed by atoms with Gasteiger partial charge in [0.2, 0.25) is 0 Å². The van der Waals surface area contributed by atoms with Gasteiger partial charge < -0.3 is 18.6 Å². The van der Waals surface area contributed by atoms with Crippen LogP contribution in [-0.4, -0.2) is 0 Å². The second-order valence-corrected chi connectivity index (χ2v) is 17.5. The van der Waals surface area contributed by atoms with E-state index in [0.717, 1.165) is 99.5 Å². The van der Waals surface area contributed by atoms with Crippen molar-refractivity contribution in [1.29, 1.82) is 0 Å². The molecule has 62 heavy (non-hydrogen) atoms. The van der Waals surface area contributed by atoms with E-state index in [-0.39, 0.29) is 0 Å². The van der Waals surface area contributed by atoms with Gasteiger partial charge in [-0.3, -0.25) is 0 Å². The molecule has 4 nitrogen and oxygen atoms in total. The molecular weight excluding hydrogens is 757 g/mol. The van der Waals surface area contributed by atoms with Crippen molar-refractivity contribution >= 4 is 99.5 Å². The summed E-state index contributed by atoms with van der Waals surface area (Å²) in [6.45, 7) is 17.4. The van der Waals surface area contributed by atoms with Gasteiger partial charge in [-0.15, -0.1) is 0 Å². The van der Waals surface area contributed by atoms with Crippen molar-refractivity contribution in [3.8, 4) is 0 Å². The van der Waals surface area contributed by atoms with E-state index >= 15 is 0 Å². The summed E-state index contributed by atoms with van der Waals surface area (Å²) in [4.78, 5) is 4.72. The van der Waals surface area contributed by atoms with Gasteiger partial charge in [0, 0.05) is 66.4 Å². The molecule has 0 bridgehead atoms. The molecule has 0 unspecified atom stereocenters. The van der Waals surface area contributed by atoms with Crippen LogP contribution in [0.4, 0.5) is 34.1 Å². The number of anilines is 6. The fourth-order valence-electron chi connectivity index (χ4n) is 9.25. The Morgan fingerprint density at radius 1 is 0.242 bits per heavy atom. The number of nitrogens with zero attached hydrogens (tertiary/aromatic N) is 2. The molecule has 0 atom stereocenters. The molecule has 0 aliphatic carbocycles. The summed E-state index contributed by atoms with van der Waals surface area (Å²) in [6.07, 6.45) is 0. The van der Waals surface area contributed by atoms with Crippen LogP contribution in [0, 0.1) is 55.4 Å². The summed E-state index contributed by atoms with van der Waals surface area (Å²) in [5, 5.41) is 8.63. The van der Waals surface area contributed by atoms with Gasteiger partial charge in [-0.1, -0.05) is 36.4 Å². The number of aryl methyl sites for hydroxylation is 8. The molecule has 0 radical (unpaired) electrons. The highest BCUT2D eigenvalue weighted by Gasteiger charge is 2.21. The van der Waals surface area contributed by atoms with E-state index in [1.54, 1.807) is 0 Å². The Bertz CT molecular complexity index is 3300. The third-order valence-corrected chi connectivity index (χ3v) is 13.5. The first-order valence-corrected chi connectivity index (χ1v) is 21.6. The maximum Gasteiger partial charge on any atom is 0.178 e. The fourth-order valence-corrected chi connectivity index (χ4v) is 9.25. The summed E-state index contributed by atoms with van der Waals surface area (Å²) in [5.41, 5.74) is 20.2. The number of rotatable bonds is 6. The first kappa shape index (κ1) is 37.7. The number of hydrogen-bond acceptors (Lipinski definition) is 4. The molecule has 2 aromatic heterocycles. The van der Waals surface area contributed by atoms with Crippen molar-refractivity contribution in [2.75, 3.05) is 9.80 Å². The standard InChI is InChI=1S/C58H48N2O2/c1-33-9-15-43(27-37(33)5)59(44-16-10-34(2)38(6)28-44)47-19-23-49-41(31-47)13-21-51-53-25-26-54-52-22-14-42-32-48(20-24-50(42)56(52)62-58(54)57(53)61-55(49)51)60(45-17-11-35(3)39(7)29-45)46-18-12-36(4)40(8)30-46/h9-32H,1-8H3. The zero-order valence-corrected chi connectivity index (χ0v) is 36.6. The van der Waals surface area contributed by atoms with Crippen LogP contribution in [0.1, 0.15) is 44.5 Å². The minimum absolute atomic E-state index is 0.776. The van der Waals surface area contributed by atoms with E-state index in [0.29, 0.717) is 0 Å². The quantitative estimate of drug-likeness (QED) is 0.168. The highest BCUT2D eigenvalue weighted by molar-refractivity contribution is 6.24. The van der Waals surface area contributed by atoms with E-state index in [4.69, 9.17) is 8.83 Å². The Morgan fingerprint density at radius 3 is 0.823 bits per heavy atom. The molecule has 0 saturated carbocycles. The van der Waals surface area contributed by atoms with Crippen LogP contribution in [-0.2, 0) is 0 Å². The molecule has 2 heterocycles. The lowest BCUT2D eigenvalue weighted by molar-refractivity contribution is 0.637. The van der Waals surface area contributed by atoms with Gasteiger partial charge in [0.1, 0.15) is 11.2 Å². The van der Waals surface area contributed by atoms with Crippen LogP contribution in [0.25, 0.3) is 65.4 Å². The van der Waals surface area contributed by atoms with Crippen molar-refractivity contribution in [2.45, 2.75) is 55.4 Å². The Morgan fingerprint density at radius 2 is 0.500 bits per heavy atom. The van der Waals surface area contributed by atoms with Crippen molar-refractivity contribution in [3.63, 3.8) is 0 Å². The molecule has 0 aliphatic rings. The first-order chi connectivity index (χ1) is 30.0. The molecule has 4 heteroatoms. The third-order valence-electron chi connectivity index (χ3n) is 13.5. The third kappa shape index (κ3) is 5.96. The van der Waals surface area contributed by atoms with Crippen LogP contribution in [0.2, 0.25) is 0 Å². The monoisotopic (exact) mass is 804 g/mol. The van der Waals surface area contributed by atoms with E-state index in [1.165, 1.54) is 44.5 Å². The molecule has 11 aromatic rings. The van der Waals surface area contributed by atoms with E-state index < -0.39 is 0 Å². The van der Waals surface area contributed by atoms with Crippen molar-refractivity contribution in [1.82, 2.24) is 0 Å². The van der Waals surface area contributed by atoms with Crippen LogP contribution in [0.3, 0.4) is 0 Å². The minimum Gasteiger partial charge on any atom is -0.451 e. The molecule has 0 aliphatic heterocycles. The average molecular weight is 805 g/mol. The molecule has 0 fully saturated rings. The lowest BCUT2D eigenvalue weighted by Crippen LogP contribution is -2.10. The molecular formula is C58H48N2O2. The summed E-state index contributed by atoms with van der Waals surface area (Å²) in [5.74, 6) is 0. The lowest BCUT2D eigenvalue weighted by atomic mass is 10.0. The normalized spacial score (nSPS) is 11.9. The Balaban J connectivity index is 1.04. The van der Waals surface area contributed by atoms with Gasteiger partial charge >= 0.3 is 0 Å². The first-order valence-electron chi connectivity index (χ1n) is 21.6. The largest absolute Gasteiger partial charge is 0.451 e. The van der Waals surface area contributed by atoms with Crippen molar-refractivity contribution in [2.24, 2.45) is 0 Å². The maximum atomic E-state index is 6.92. The van der Waals surface area contributed by atoms with Gasteiger partial charge in [0.15, 0.2) is 11.2 Å². The average Bonchev–Trinajstić information content (AvgIpc) is 3.85. The van der Waals surface area contributed by atoms with Gasteiger partial charge in [0.25, 0.3) is 0 Å². The highest BCUT2D eigenvalue weighted by Crippen LogP contribution is 2.45. The summed E-state index contributed by atoms with van der Waals surface area (Å²) >= 11 is 0. The Labute approximate surface area is 362 Å². The zero-order valence-electron chi connectivity index (χ0n) is 36.6. The van der Waals surface area contributed by atoms with Gasteiger partial charge in [0.05, 0.1) is 0 Å². The number of hydrogen-bond donors (Lipinski definition) is 0. The van der Waals surface area contributed by atoms with Crippen LogP contribution < -0.4 is 9.80 Å². The smallest absolute Gasteiger partial charge is 0.178 e. The van der Waals surface area contributed by atoms with Gasteiger partial charge in [-0.25, -0.2) is 0 Å². The van der Waals surface area contributed by atoms with Crippen LogP contribution in [0.15, 0.2) is 154 Å². The zero-order chi connectivity index (χ0) is 42.6. The van der Waals surface area contributed by atoms with Gasteiger partial charge in [-0.2, -0.15) is 0 Å². The summed E-state index contributed by atoms with van der Waals surface area (Å²) < 4.78 is 13.8. The van der Waals surface area contributed by atoms with Crippen LogP contribution in [0.5, 0.6) is 0 Å². The number of benzene rings is 9. The molecule has 0 N–H and O–H groups in total. The highest BCUT2D eigenvalue weighted by atomic mass is 16.4. The predicted molar refractivity (Wildman–Crippen MR) is 263 cm³/mol. The molecule has 0 saturated heterocycles. The Hall–Kier alpha value is -7.30. The lowest BCUT2D eigenvalue weighted by Gasteiger charge is -2.27. The molecule has 9 aromatic carbocycles. The molecule has 0 spiro atoms.